The molecular formula is C13H7Cl2N3O. The lowest BCUT2D eigenvalue weighted by molar-refractivity contribution is 0.0950. The maximum Gasteiger partial charge on any atom is 0.283 e. The van der Waals surface area contributed by atoms with Crippen molar-refractivity contribution >= 4 is 40.1 Å². The Labute approximate surface area is 118 Å². The molecule has 2 heterocycles. The van der Waals surface area contributed by atoms with Gasteiger partial charge >= 0.3 is 0 Å². The molecule has 0 amide bonds. The van der Waals surface area contributed by atoms with E-state index in [0.717, 1.165) is 5.39 Å². The topological polar surface area (TPSA) is 47.8 Å². The largest absolute Gasteiger partial charge is 0.283 e. The normalized spacial score (nSPS) is 10.8. The van der Waals surface area contributed by atoms with Crippen LogP contribution in [0.5, 0.6) is 0 Å². The summed E-state index contributed by atoms with van der Waals surface area (Å²) >= 11 is 12.1. The Balaban J connectivity index is 2.20. The summed E-state index contributed by atoms with van der Waals surface area (Å²) < 4.78 is 1.20. The molecule has 0 fully saturated rings. The van der Waals surface area contributed by atoms with Crippen molar-refractivity contribution in [2.45, 2.75) is 0 Å². The van der Waals surface area contributed by atoms with Crippen molar-refractivity contribution < 1.29 is 4.79 Å². The SMILES string of the molecule is O=C(c1c(Cl)cccc1Cl)n1ncc2cccnc21. The van der Waals surface area contributed by atoms with Crippen molar-refractivity contribution in [3.05, 3.63) is 58.3 Å². The van der Waals surface area contributed by atoms with E-state index < -0.39 is 5.91 Å². The van der Waals surface area contributed by atoms with Crippen molar-refractivity contribution in [1.82, 2.24) is 14.8 Å². The molecule has 1 aromatic carbocycles. The van der Waals surface area contributed by atoms with Gasteiger partial charge < -0.3 is 0 Å². The van der Waals surface area contributed by atoms with Gasteiger partial charge in [0.1, 0.15) is 0 Å². The summed E-state index contributed by atoms with van der Waals surface area (Å²) in [4.78, 5) is 16.6. The smallest absolute Gasteiger partial charge is 0.267 e. The van der Waals surface area contributed by atoms with E-state index in [0.29, 0.717) is 5.65 Å². The molecule has 0 aliphatic rings. The van der Waals surface area contributed by atoms with Crippen LogP contribution in [0.15, 0.2) is 42.7 Å². The fourth-order valence-electron chi connectivity index (χ4n) is 1.82. The maximum atomic E-state index is 12.5. The van der Waals surface area contributed by atoms with Crippen molar-refractivity contribution in [3.63, 3.8) is 0 Å². The molecule has 4 nitrogen and oxygen atoms in total. The fraction of sp³-hybridized carbons (Fsp3) is 0. The van der Waals surface area contributed by atoms with Crippen molar-refractivity contribution in [2.75, 3.05) is 0 Å². The monoisotopic (exact) mass is 291 g/mol. The second-order valence-corrected chi connectivity index (χ2v) is 4.69. The Bertz CT molecular complexity index is 762. The van der Waals surface area contributed by atoms with Gasteiger partial charge in [-0.3, -0.25) is 4.79 Å². The predicted octanol–water partition coefficient (Wildman–Crippen LogP) is 3.43. The highest BCUT2D eigenvalue weighted by Gasteiger charge is 2.19. The van der Waals surface area contributed by atoms with Crippen LogP contribution in [0.1, 0.15) is 10.4 Å². The average Bonchev–Trinajstić information content (AvgIpc) is 2.82. The van der Waals surface area contributed by atoms with Gasteiger partial charge in [-0.1, -0.05) is 29.3 Å². The molecule has 0 spiro atoms. The highest BCUT2D eigenvalue weighted by atomic mass is 35.5. The lowest BCUT2D eigenvalue weighted by Gasteiger charge is -2.06. The van der Waals surface area contributed by atoms with Crippen LogP contribution in [-0.2, 0) is 0 Å². The first-order valence-corrected chi connectivity index (χ1v) is 6.21. The van der Waals surface area contributed by atoms with E-state index in [9.17, 15) is 4.79 Å². The number of halogens is 2. The Morgan fingerprint density at radius 3 is 2.58 bits per heavy atom. The second kappa shape index (κ2) is 4.64. The number of nitrogens with zero attached hydrogens (tertiary/aromatic N) is 3. The Morgan fingerprint density at radius 2 is 1.84 bits per heavy atom. The lowest BCUT2D eigenvalue weighted by Crippen LogP contribution is -2.15. The highest BCUT2D eigenvalue weighted by molar-refractivity contribution is 6.39. The second-order valence-electron chi connectivity index (χ2n) is 3.87. The number of pyridine rings is 1. The van der Waals surface area contributed by atoms with E-state index in [1.54, 1.807) is 36.7 Å². The standard InChI is InChI=1S/C13H7Cl2N3O/c14-9-4-1-5-10(15)11(9)13(19)18-12-8(7-17-18)3-2-6-16-12/h1-7H. The van der Waals surface area contributed by atoms with E-state index in [-0.39, 0.29) is 15.6 Å². The number of fused-ring (bicyclic) bond motifs is 1. The lowest BCUT2D eigenvalue weighted by atomic mass is 10.2. The summed E-state index contributed by atoms with van der Waals surface area (Å²) in [6.45, 7) is 0. The molecule has 94 valence electrons. The highest BCUT2D eigenvalue weighted by Crippen LogP contribution is 2.25. The first kappa shape index (κ1) is 12.1. The van der Waals surface area contributed by atoms with Crippen LogP contribution < -0.4 is 0 Å². The number of carbonyl (C=O) groups is 1. The minimum atomic E-state index is -0.399. The summed E-state index contributed by atoms with van der Waals surface area (Å²) in [5.74, 6) is -0.399. The van der Waals surface area contributed by atoms with Gasteiger partial charge in [-0.15, -0.1) is 0 Å². The van der Waals surface area contributed by atoms with Crippen LogP contribution in [-0.4, -0.2) is 20.7 Å². The van der Waals surface area contributed by atoms with E-state index >= 15 is 0 Å². The van der Waals surface area contributed by atoms with Gasteiger partial charge in [-0.25, -0.2) is 4.98 Å². The molecule has 0 radical (unpaired) electrons. The first-order valence-electron chi connectivity index (χ1n) is 5.46. The zero-order valence-corrected chi connectivity index (χ0v) is 11.1. The molecule has 0 unspecified atom stereocenters. The zero-order chi connectivity index (χ0) is 13.4. The molecule has 3 rings (SSSR count). The van der Waals surface area contributed by atoms with Crippen LogP contribution in [0, 0.1) is 0 Å². The Hall–Kier alpha value is -1.91. The van der Waals surface area contributed by atoms with Gasteiger partial charge in [0.05, 0.1) is 21.8 Å². The minimum Gasteiger partial charge on any atom is -0.267 e. The number of carbonyl (C=O) groups excluding carboxylic acids is 1. The van der Waals surface area contributed by atoms with Crippen LogP contribution in [0.4, 0.5) is 0 Å². The van der Waals surface area contributed by atoms with E-state index in [4.69, 9.17) is 23.2 Å². The van der Waals surface area contributed by atoms with Gasteiger partial charge in [0.2, 0.25) is 0 Å². The molecule has 6 heteroatoms. The van der Waals surface area contributed by atoms with Crippen LogP contribution in [0.2, 0.25) is 10.0 Å². The average molecular weight is 292 g/mol. The third-order valence-corrected chi connectivity index (χ3v) is 3.33. The fourth-order valence-corrected chi connectivity index (χ4v) is 2.38. The molecule has 0 saturated heterocycles. The molecule has 3 aromatic rings. The number of rotatable bonds is 1. The third kappa shape index (κ3) is 1.99. The quantitative estimate of drug-likeness (QED) is 0.690. The predicted molar refractivity (Wildman–Crippen MR) is 73.7 cm³/mol. The van der Waals surface area contributed by atoms with E-state index in [2.05, 4.69) is 10.1 Å². The maximum absolute atomic E-state index is 12.5. The van der Waals surface area contributed by atoms with Crippen molar-refractivity contribution in [2.24, 2.45) is 0 Å². The summed E-state index contributed by atoms with van der Waals surface area (Å²) in [7, 11) is 0. The summed E-state index contributed by atoms with van der Waals surface area (Å²) in [6.07, 6.45) is 3.17. The van der Waals surface area contributed by atoms with Crippen molar-refractivity contribution in [1.29, 1.82) is 0 Å². The molecule has 0 atom stereocenters. The summed E-state index contributed by atoms with van der Waals surface area (Å²) in [5.41, 5.74) is 0.699. The molecule has 19 heavy (non-hydrogen) atoms. The summed E-state index contributed by atoms with van der Waals surface area (Å²) in [6, 6.07) is 8.51. The molecular weight excluding hydrogens is 285 g/mol. The summed E-state index contributed by atoms with van der Waals surface area (Å²) in [5, 5.41) is 5.40. The molecule has 0 N–H and O–H groups in total. The molecule has 0 saturated carbocycles. The molecule has 0 aliphatic carbocycles. The number of hydrogen-bond acceptors (Lipinski definition) is 3. The molecule has 0 aliphatic heterocycles. The first-order chi connectivity index (χ1) is 9.18. The van der Waals surface area contributed by atoms with Crippen molar-refractivity contribution in [3.8, 4) is 0 Å². The van der Waals surface area contributed by atoms with E-state index in [1.165, 1.54) is 4.68 Å². The van der Waals surface area contributed by atoms with Gasteiger partial charge in [0.15, 0.2) is 5.65 Å². The number of benzene rings is 1. The van der Waals surface area contributed by atoms with Crippen LogP contribution in [0.3, 0.4) is 0 Å². The Kier molecular flexibility index (Phi) is 2.97. The van der Waals surface area contributed by atoms with Gasteiger partial charge in [-0.2, -0.15) is 9.78 Å². The van der Waals surface area contributed by atoms with Crippen LogP contribution in [0.25, 0.3) is 11.0 Å². The molecule has 0 bridgehead atoms. The van der Waals surface area contributed by atoms with Gasteiger partial charge in [-0.05, 0) is 24.3 Å². The van der Waals surface area contributed by atoms with E-state index in [1.807, 2.05) is 6.07 Å². The van der Waals surface area contributed by atoms with Crippen LogP contribution >= 0.6 is 23.2 Å². The molecule has 2 aromatic heterocycles. The zero-order valence-electron chi connectivity index (χ0n) is 9.55. The number of hydrogen-bond donors (Lipinski definition) is 0. The van der Waals surface area contributed by atoms with Gasteiger partial charge in [0.25, 0.3) is 5.91 Å². The van der Waals surface area contributed by atoms with Gasteiger partial charge in [0, 0.05) is 11.6 Å². The minimum absolute atomic E-state index is 0.224. The third-order valence-electron chi connectivity index (χ3n) is 2.70. The Morgan fingerprint density at radius 1 is 1.11 bits per heavy atom. The number of aromatic nitrogens is 3.